The quantitative estimate of drug-likeness (QED) is 0.828. The van der Waals surface area contributed by atoms with Crippen LogP contribution in [0.25, 0.3) is 0 Å². The minimum Gasteiger partial charge on any atom is -0.496 e. The standard InChI is InChI=1S/C18H20BrNO2/c1-3-13(14-7-5-4-6-8-14)12-20-18(21)15-9-10-17(22-2)16(19)11-15/h4-11,13H,3,12H2,1-2H3,(H,20,21). The second-order valence-electron chi connectivity index (χ2n) is 5.08. The summed E-state index contributed by atoms with van der Waals surface area (Å²) >= 11 is 3.40. The third-order valence-electron chi connectivity index (χ3n) is 3.69. The van der Waals surface area contributed by atoms with Crippen molar-refractivity contribution in [3.63, 3.8) is 0 Å². The van der Waals surface area contributed by atoms with Crippen molar-refractivity contribution >= 4 is 21.8 Å². The Balaban J connectivity index is 2.01. The van der Waals surface area contributed by atoms with Crippen LogP contribution >= 0.6 is 15.9 Å². The molecule has 22 heavy (non-hydrogen) atoms. The molecule has 0 radical (unpaired) electrons. The molecule has 0 saturated carbocycles. The normalized spacial score (nSPS) is 11.8. The van der Waals surface area contributed by atoms with Gasteiger partial charge in [-0.25, -0.2) is 0 Å². The third kappa shape index (κ3) is 4.10. The summed E-state index contributed by atoms with van der Waals surface area (Å²) in [6.45, 7) is 2.76. The Labute approximate surface area is 139 Å². The van der Waals surface area contributed by atoms with Crippen LogP contribution in [-0.2, 0) is 0 Å². The molecular weight excluding hydrogens is 342 g/mol. The van der Waals surface area contributed by atoms with E-state index in [9.17, 15) is 4.79 Å². The highest BCUT2D eigenvalue weighted by atomic mass is 79.9. The van der Waals surface area contributed by atoms with Gasteiger partial charge in [-0.15, -0.1) is 0 Å². The number of carbonyl (C=O) groups is 1. The maximum absolute atomic E-state index is 12.3. The molecule has 116 valence electrons. The number of hydrogen-bond donors (Lipinski definition) is 1. The van der Waals surface area contributed by atoms with Crippen LogP contribution in [0.5, 0.6) is 5.75 Å². The van der Waals surface area contributed by atoms with Crippen LogP contribution in [0.1, 0.15) is 35.2 Å². The maximum atomic E-state index is 12.3. The molecule has 1 amide bonds. The van der Waals surface area contributed by atoms with Crippen LogP contribution in [0.2, 0.25) is 0 Å². The van der Waals surface area contributed by atoms with Crippen LogP contribution < -0.4 is 10.1 Å². The van der Waals surface area contributed by atoms with E-state index in [2.05, 4.69) is 40.3 Å². The van der Waals surface area contributed by atoms with Gasteiger partial charge < -0.3 is 10.1 Å². The summed E-state index contributed by atoms with van der Waals surface area (Å²) < 4.78 is 5.95. The van der Waals surface area contributed by atoms with Gasteiger partial charge in [-0.1, -0.05) is 37.3 Å². The minimum absolute atomic E-state index is 0.0715. The van der Waals surface area contributed by atoms with Crippen LogP contribution in [0.3, 0.4) is 0 Å². The van der Waals surface area contributed by atoms with Gasteiger partial charge in [0.2, 0.25) is 0 Å². The summed E-state index contributed by atoms with van der Waals surface area (Å²) in [5.74, 6) is 0.969. The summed E-state index contributed by atoms with van der Waals surface area (Å²) in [6.07, 6.45) is 0.983. The summed E-state index contributed by atoms with van der Waals surface area (Å²) in [5, 5.41) is 3.01. The Hall–Kier alpha value is -1.81. The van der Waals surface area contributed by atoms with E-state index in [0.717, 1.165) is 10.9 Å². The fourth-order valence-electron chi connectivity index (χ4n) is 2.35. The van der Waals surface area contributed by atoms with Gasteiger partial charge in [-0.2, -0.15) is 0 Å². The molecule has 4 heteroatoms. The summed E-state index contributed by atoms with van der Waals surface area (Å²) in [6, 6.07) is 15.6. The molecule has 1 unspecified atom stereocenters. The monoisotopic (exact) mass is 361 g/mol. The minimum atomic E-state index is -0.0715. The first-order valence-corrected chi connectivity index (χ1v) is 8.11. The van der Waals surface area contributed by atoms with Crippen molar-refractivity contribution in [2.24, 2.45) is 0 Å². The molecular formula is C18H20BrNO2. The molecule has 0 heterocycles. The van der Waals surface area contributed by atoms with Crippen molar-refractivity contribution in [3.05, 3.63) is 64.1 Å². The van der Waals surface area contributed by atoms with Gasteiger partial charge in [-0.3, -0.25) is 4.79 Å². The van der Waals surface area contributed by atoms with Crippen molar-refractivity contribution in [3.8, 4) is 5.75 Å². The molecule has 1 atom stereocenters. The molecule has 0 saturated heterocycles. The molecule has 0 bridgehead atoms. The van der Waals surface area contributed by atoms with E-state index in [1.54, 1.807) is 25.3 Å². The largest absolute Gasteiger partial charge is 0.496 e. The van der Waals surface area contributed by atoms with Gasteiger partial charge in [0, 0.05) is 18.0 Å². The van der Waals surface area contributed by atoms with Crippen molar-refractivity contribution in [2.45, 2.75) is 19.3 Å². The maximum Gasteiger partial charge on any atom is 0.251 e. The highest BCUT2D eigenvalue weighted by Gasteiger charge is 2.13. The fourth-order valence-corrected chi connectivity index (χ4v) is 2.89. The van der Waals surface area contributed by atoms with Gasteiger partial charge in [-0.05, 0) is 46.1 Å². The zero-order chi connectivity index (χ0) is 15.9. The molecule has 3 nitrogen and oxygen atoms in total. The van der Waals surface area contributed by atoms with E-state index in [0.29, 0.717) is 23.8 Å². The Bertz CT molecular complexity index is 628. The van der Waals surface area contributed by atoms with Crippen LogP contribution in [-0.4, -0.2) is 19.6 Å². The Morgan fingerprint density at radius 2 is 1.95 bits per heavy atom. The zero-order valence-electron chi connectivity index (χ0n) is 12.8. The van der Waals surface area contributed by atoms with Gasteiger partial charge in [0.15, 0.2) is 0 Å². The number of ether oxygens (including phenoxy) is 1. The number of hydrogen-bond acceptors (Lipinski definition) is 2. The summed E-state index contributed by atoms with van der Waals surface area (Å²) in [5.41, 5.74) is 1.87. The predicted octanol–water partition coefficient (Wildman–Crippen LogP) is 4.38. The second-order valence-corrected chi connectivity index (χ2v) is 5.93. The smallest absolute Gasteiger partial charge is 0.251 e. The number of benzene rings is 2. The second kappa shape index (κ2) is 7.99. The summed E-state index contributed by atoms with van der Waals surface area (Å²) in [7, 11) is 1.60. The number of methoxy groups -OCH3 is 1. The Morgan fingerprint density at radius 1 is 1.23 bits per heavy atom. The highest BCUT2D eigenvalue weighted by molar-refractivity contribution is 9.10. The number of amides is 1. The number of halogens is 1. The third-order valence-corrected chi connectivity index (χ3v) is 4.31. The Morgan fingerprint density at radius 3 is 2.55 bits per heavy atom. The molecule has 0 fully saturated rings. The molecule has 2 rings (SSSR count). The van der Waals surface area contributed by atoms with Gasteiger partial charge in [0.1, 0.15) is 5.75 Å². The van der Waals surface area contributed by atoms with Crippen LogP contribution in [0.4, 0.5) is 0 Å². The van der Waals surface area contributed by atoms with Crippen LogP contribution in [0.15, 0.2) is 53.0 Å². The molecule has 0 aliphatic heterocycles. The molecule has 1 N–H and O–H groups in total. The topological polar surface area (TPSA) is 38.3 Å². The van der Waals surface area contributed by atoms with E-state index in [1.807, 2.05) is 18.2 Å². The van der Waals surface area contributed by atoms with E-state index >= 15 is 0 Å². The number of nitrogens with one attached hydrogen (secondary N) is 1. The molecule has 2 aromatic rings. The van der Waals surface area contributed by atoms with Crippen molar-refractivity contribution in [2.75, 3.05) is 13.7 Å². The van der Waals surface area contributed by atoms with E-state index in [-0.39, 0.29) is 5.91 Å². The van der Waals surface area contributed by atoms with Gasteiger partial charge in [0.05, 0.1) is 11.6 Å². The average molecular weight is 362 g/mol. The lowest BCUT2D eigenvalue weighted by Gasteiger charge is -2.16. The molecule has 0 aliphatic carbocycles. The van der Waals surface area contributed by atoms with Crippen LogP contribution in [0, 0.1) is 0 Å². The first-order valence-electron chi connectivity index (χ1n) is 7.32. The molecule has 0 aromatic heterocycles. The summed E-state index contributed by atoms with van der Waals surface area (Å²) in [4.78, 5) is 12.3. The molecule has 0 aliphatic rings. The van der Waals surface area contributed by atoms with E-state index in [1.165, 1.54) is 5.56 Å². The lowest BCUT2D eigenvalue weighted by atomic mass is 9.96. The van der Waals surface area contributed by atoms with Gasteiger partial charge in [0.25, 0.3) is 5.91 Å². The lowest BCUT2D eigenvalue weighted by molar-refractivity contribution is 0.0951. The van der Waals surface area contributed by atoms with Crippen molar-refractivity contribution < 1.29 is 9.53 Å². The lowest BCUT2D eigenvalue weighted by Crippen LogP contribution is -2.28. The zero-order valence-corrected chi connectivity index (χ0v) is 14.4. The van der Waals surface area contributed by atoms with Crippen molar-refractivity contribution in [1.82, 2.24) is 5.32 Å². The molecule has 2 aromatic carbocycles. The Kier molecular flexibility index (Phi) is 6.01. The number of rotatable bonds is 6. The first kappa shape index (κ1) is 16.6. The average Bonchev–Trinajstić information content (AvgIpc) is 2.56. The SMILES string of the molecule is CCC(CNC(=O)c1ccc(OC)c(Br)c1)c1ccccc1. The predicted molar refractivity (Wildman–Crippen MR) is 92.5 cm³/mol. The van der Waals surface area contributed by atoms with Crippen molar-refractivity contribution in [1.29, 1.82) is 0 Å². The van der Waals surface area contributed by atoms with Gasteiger partial charge >= 0.3 is 0 Å². The highest BCUT2D eigenvalue weighted by Crippen LogP contribution is 2.25. The number of carbonyl (C=O) groups excluding carboxylic acids is 1. The molecule has 0 spiro atoms. The van der Waals surface area contributed by atoms with E-state index < -0.39 is 0 Å². The van der Waals surface area contributed by atoms with E-state index in [4.69, 9.17) is 4.74 Å². The fraction of sp³-hybridized carbons (Fsp3) is 0.278. The first-order chi connectivity index (χ1) is 10.7.